The molecular formula is C17H17ClFNO2. The lowest BCUT2D eigenvalue weighted by molar-refractivity contribution is -0.123. The molecule has 0 saturated carbocycles. The number of halogens is 2. The molecule has 0 spiro atoms. The topological polar surface area (TPSA) is 38.3 Å². The van der Waals surface area contributed by atoms with E-state index in [1.807, 2.05) is 38.1 Å². The third-order valence-electron chi connectivity index (χ3n) is 3.29. The number of carbonyl (C=O) groups excluding carboxylic acids is 1. The molecule has 1 N–H and O–H groups in total. The lowest BCUT2D eigenvalue weighted by Crippen LogP contribution is -2.31. The number of hydrogen-bond donors (Lipinski definition) is 1. The zero-order valence-corrected chi connectivity index (χ0v) is 13.2. The van der Waals surface area contributed by atoms with Crippen molar-refractivity contribution < 1.29 is 13.9 Å². The molecule has 0 aliphatic heterocycles. The Morgan fingerprint density at radius 2 is 2.05 bits per heavy atom. The van der Waals surface area contributed by atoms with E-state index in [9.17, 15) is 9.18 Å². The maximum atomic E-state index is 12.9. The molecule has 0 heterocycles. The normalized spacial score (nSPS) is 11.8. The lowest BCUT2D eigenvalue weighted by atomic mass is 10.0. The van der Waals surface area contributed by atoms with Crippen molar-refractivity contribution in [3.05, 3.63) is 64.4 Å². The van der Waals surface area contributed by atoms with Crippen LogP contribution in [0.25, 0.3) is 0 Å². The number of benzene rings is 2. The molecule has 2 aromatic rings. The van der Waals surface area contributed by atoms with E-state index >= 15 is 0 Å². The van der Waals surface area contributed by atoms with Gasteiger partial charge in [0.2, 0.25) is 0 Å². The number of carbonyl (C=O) groups is 1. The van der Waals surface area contributed by atoms with Gasteiger partial charge in [0.15, 0.2) is 6.61 Å². The van der Waals surface area contributed by atoms with Gasteiger partial charge >= 0.3 is 0 Å². The summed E-state index contributed by atoms with van der Waals surface area (Å²) in [5, 5.41) is 3.00. The van der Waals surface area contributed by atoms with Gasteiger partial charge in [0.25, 0.3) is 5.91 Å². The molecule has 2 rings (SSSR count). The Morgan fingerprint density at radius 1 is 1.32 bits per heavy atom. The van der Waals surface area contributed by atoms with E-state index in [1.165, 1.54) is 12.1 Å². The summed E-state index contributed by atoms with van der Waals surface area (Å²) >= 11 is 5.84. The fraction of sp³-hybridized carbons (Fsp3) is 0.235. The van der Waals surface area contributed by atoms with E-state index in [0.29, 0.717) is 0 Å². The fourth-order valence-corrected chi connectivity index (χ4v) is 2.39. The largest absolute Gasteiger partial charge is 0.482 e. The third kappa shape index (κ3) is 4.21. The van der Waals surface area contributed by atoms with Gasteiger partial charge in [0, 0.05) is 0 Å². The summed E-state index contributed by atoms with van der Waals surface area (Å²) < 4.78 is 18.2. The first-order valence-electron chi connectivity index (χ1n) is 6.90. The minimum absolute atomic E-state index is 0.124. The Hall–Kier alpha value is -2.07. The van der Waals surface area contributed by atoms with Crippen LogP contribution in [0.1, 0.15) is 24.1 Å². The minimum atomic E-state index is -0.449. The van der Waals surface area contributed by atoms with Crippen molar-refractivity contribution in [2.75, 3.05) is 6.61 Å². The second-order valence-electron chi connectivity index (χ2n) is 5.01. The van der Waals surface area contributed by atoms with Gasteiger partial charge in [-0.15, -0.1) is 0 Å². The SMILES string of the molecule is Cc1ccccc1C(C)NC(=O)COc1ccc(F)cc1Cl. The summed E-state index contributed by atoms with van der Waals surface area (Å²) in [6, 6.07) is 11.5. The standard InChI is InChI=1S/C17H17ClFNO2/c1-11-5-3-4-6-14(11)12(2)20-17(21)10-22-16-8-7-13(19)9-15(16)18/h3-9,12H,10H2,1-2H3,(H,20,21). The Labute approximate surface area is 134 Å². The number of aryl methyl sites for hydroxylation is 1. The van der Waals surface area contributed by atoms with Crippen LogP contribution in [-0.2, 0) is 4.79 Å². The average molecular weight is 322 g/mol. The number of rotatable bonds is 5. The predicted molar refractivity (Wildman–Crippen MR) is 84.6 cm³/mol. The zero-order valence-electron chi connectivity index (χ0n) is 12.4. The molecule has 0 fully saturated rings. The van der Waals surface area contributed by atoms with E-state index in [0.717, 1.165) is 17.2 Å². The fourth-order valence-electron chi connectivity index (χ4n) is 2.17. The highest BCUT2D eigenvalue weighted by molar-refractivity contribution is 6.32. The van der Waals surface area contributed by atoms with Crippen LogP contribution < -0.4 is 10.1 Å². The van der Waals surface area contributed by atoms with Crippen LogP contribution in [0.15, 0.2) is 42.5 Å². The number of hydrogen-bond acceptors (Lipinski definition) is 2. The highest BCUT2D eigenvalue weighted by atomic mass is 35.5. The minimum Gasteiger partial charge on any atom is -0.482 e. The Balaban J connectivity index is 1.92. The van der Waals surface area contributed by atoms with E-state index in [-0.39, 0.29) is 29.3 Å². The highest BCUT2D eigenvalue weighted by Crippen LogP contribution is 2.24. The van der Waals surface area contributed by atoms with Gasteiger partial charge in [-0.2, -0.15) is 0 Å². The van der Waals surface area contributed by atoms with Crippen molar-refractivity contribution in [1.82, 2.24) is 5.32 Å². The highest BCUT2D eigenvalue weighted by Gasteiger charge is 2.12. The zero-order chi connectivity index (χ0) is 16.1. The average Bonchev–Trinajstić information content (AvgIpc) is 2.46. The summed E-state index contributed by atoms with van der Waals surface area (Å²) in [6.07, 6.45) is 0. The second-order valence-corrected chi connectivity index (χ2v) is 5.42. The first kappa shape index (κ1) is 16.3. The maximum Gasteiger partial charge on any atom is 0.258 e. The molecule has 22 heavy (non-hydrogen) atoms. The summed E-state index contributed by atoms with van der Waals surface area (Å²) in [5.41, 5.74) is 2.16. The van der Waals surface area contributed by atoms with Crippen LogP contribution >= 0.6 is 11.6 Å². The number of amides is 1. The van der Waals surface area contributed by atoms with Crippen molar-refractivity contribution >= 4 is 17.5 Å². The predicted octanol–water partition coefficient (Wildman–Crippen LogP) is 4.04. The quantitative estimate of drug-likeness (QED) is 0.902. The van der Waals surface area contributed by atoms with E-state index < -0.39 is 5.82 Å². The number of nitrogens with one attached hydrogen (secondary N) is 1. The summed E-state index contributed by atoms with van der Waals surface area (Å²) in [6.45, 7) is 3.72. The molecule has 0 radical (unpaired) electrons. The third-order valence-corrected chi connectivity index (χ3v) is 3.58. The van der Waals surface area contributed by atoms with E-state index in [2.05, 4.69) is 5.32 Å². The lowest BCUT2D eigenvalue weighted by Gasteiger charge is -2.17. The van der Waals surface area contributed by atoms with Gasteiger partial charge in [0.05, 0.1) is 11.1 Å². The molecular weight excluding hydrogens is 305 g/mol. The first-order chi connectivity index (χ1) is 10.5. The van der Waals surface area contributed by atoms with Crippen molar-refractivity contribution in [3.63, 3.8) is 0 Å². The van der Waals surface area contributed by atoms with Crippen LogP contribution in [0.5, 0.6) is 5.75 Å². The molecule has 0 aromatic heterocycles. The Bertz CT molecular complexity index is 675. The molecule has 0 bridgehead atoms. The molecule has 1 atom stereocenters. The van der Waals surface area contributed by atoms with Crippen LogP contribution in [-0.4, -0.2) is 12.5 Å². The molecule has 116 valence electrons. The van der Waals surface area contributed by atoms with Gasteiger partial charge in [-0.05, 0) is 43.2 Å². The number of ether oxygens (including phenoxy) is 1. The Kier molecular flexibility index (Phi) is 5.39. The van der Waals surface area contributed by atoms with Gasteiger partial charge in [-0.3, -0.25) is 4.79 Å². The van der Waals surface area contributed by atoms with Crippen molar-refractivity contribution in [2.45, 2.75) is 19.9 Å². The second kappa shape index (κ2) is 7.27. The molecule has 5 heteroatoms. The molecule has 0 aliphatic carbocycles. The maximum absolute atomic E-state index is 12.9. The van der Waals surface area contributed by atoms with Crippen LogP contribution in [0.2, 0.25) is 5.02 Å². The van der Waals surface area contributed by atoms with Crippen molar-refractivity contribution in [2.24, 2.45) is 0 Å². The summed E-state index contributed by atoms with van der Waals surface area (Å²) in [4.78, 5) is 11.9. The van der Waals surface area contributed by atoms with Gasteiger partial charge in [0.1, 0.15) is 11.6 Å². The van der Waals surface area contributed by atoms with Crippen molar-refractivity contribution in [3.8, 4) is 5.75 Å². The van der Waals surface area contributed by atoms with Crippen LogP contribution in [0.4, 0.5) is 4.39 Å². The summed E-state index contributed by atoms with van der Waals surface area (Å²) in [7, 11) is 0. The van der Waals surface area contributed by atoms with Gasteiger partial charge < -0.3 is 10.1 Å². The smallest absolute Gasteiger partial charge is 0.258 e. The molecule has 0 aliphatic rings. The van der Waals surface area contributed by atoms with Crippen LogP contribution in [0, 0.1) is 12.7 Å². The molecule has 0 saturated heterocycles. The van der Waals surface area contributed by atoms with E-state index in [4.69, 9.17) is 16.3 Å². The summed E-state index contributed by atoms with van der Waals surface area (Å²) in [5.74, 6) is -0.437. The Morgan fingerprint density at radius 3 is 2.73 bits per heavy atom. The first-order valence-corrected chi connectivity index (χ1v) is 7.28. The van der Waals surface area contributed by atoms with Gasteiger partial charge in [-0.25, -0.2) is 4.39 Å². The van der Waals surface area contributed by atoms with E-state index in [1.54, 1.807) is 0 Å². The van der Waals surface area contributed by atoms with Crippen LogP contribution in [0.3, 0.4) is 0 Å². The monoisotopic (exact) mass is 321 g/mol. The molecule has 2 aromatic carbocycles. The van der Waals surface area contributed by atoms with Crippen molar-refractivity contribution in [1.29, 1.82) is 0 Å². The van der Waals surface area contributed by atoms with Gasteiger partial charge in [-0.1, -0.05) is 35.9 Å². The molecule has 1 unspecified atom stereocenters. The molecule has 3 nitrogen and oxygen atoms in total. The molecule has 1 amide bonds.